The lowest BCUT2D eigenvalue weighted by molar-refractivity contribution is -0.141. The van der Waals surface area contributed by atoms with E-state index in [1.54, 1.807) is 12.3 Å². The zero-order valence-corrected chi connectivity index (χ0v) is 7.79. The molecule has 0 aliphatic rings. The minimum Gasteiger partial charge on any atom is -0.468 e. The first kappa shape index (κ1) is 10.4. The molecule has 0 heterocycles. The van der Waals surface area contributed by atoms with Crippen molar-refractivity contribution in [3.63, 3.8) is 0 Å². The molecule has 0 aromatic rings. The third kappa shape index (κ3) is 2.87. The summed E-state index contributed by atoms with van der Waals surface area (Å²) in [7, 11) is 1.23. The van der Waals surface area contributed by atoms with Gasteiger partial charge in [-0.15, -0.1) is 11.8 Å². The molecule has 3 nitrogen and oxygen atoms in total. The Morgan fingerprint density at radius 1 is 1.82 bits per heavy atom. The van der Waals surface area contributed by atoms with E-state index in [0.29, 0.717) is 4.20 Å². The van der Waals surface area contributed by atoms with Gasteiger partial charge in [-0.05, 0) is 6.26 Å². The first-order valence-electron chi connectivity index (χ1n) is 2.72. The van der Waals surface area contributed by atoms with Gasteiger partial charge in [0.05, 0.1) is 17.4 Å². The van der Waals surface area contributed by atoms with Crippen LogP contribution in [0.15, 0.2) is 0 Å². The first-order chi connectivity index (χ1) is 5.17. The predicted octanol–water partition coefficient (Wildman–Crippen LogP) is 0.990. The van der Waals surface area contributed by atoms with Gasteiger partial charge in [-0.1, -0.05) is 12.2 Å². The van der Waals surface area contributed by atoms with Gasteiger partial charge < -0.3 is 4.74 Å². The molecule has 0 aromatic carbocycles. The molecule has 0 aromatic heterocycles. The quantitative estimate of drug-likeness (QED) is 0.479. The van der Waals surface area contributed by atoms with E-state index in [4.69, 9.17) is 17.5 Å². The highest BCUT2D eigenvalue weighted by Gasteiger charge is 2.22. The van der Waals surface area contributed by atoms with E-state index in [9.17, 15) is 4.79 Å². The summed E-state index contributed by atoms with van der Waals surface area (Å²) in [6, 6.07) is 1.77. The van der Waals surface area contributed by atoms with E-state index in [0.717, 1.165) is 0 Å². The number of ether oxygens (including phenoxy) is 1. The normalized spacial score (nSPS) is 11.4. The molecule has 0 aliphatic carbocycles. The van der Waals surface area contributed by atoms with Gasteiger partial charge in [0.1, 0.15) is 0 Å². The van der Waals surface area contributed by atoms with Crippen LogP contribution in [0.2, 0.25) is 0 Å². The number of nitrogens with zero attached hydrogens (tertiary/aromatic N) is 1. The van der Waals surface area contributed by atoms with Gasteiger partial charge in [0, 0.05) is 0 Å². The van der Waals surface area contributed by atoms with Crippen molar-refractivity contribution in [3.05, 3.63) is 0 Å². The Morgan fingerprint density at radius 3 is 2.64 bits per heavy atom. The zero-order chi connectivity index (χ0) is 8.85. The minimum absolute atomic E-state index is 0.347. The summed E-state index contributed by atoms with van der Waals surface area (Å²) >= 11 is 5.97. The molecule has 0 amide bonds. The summed E-state index contributed by atoms with van der Waals surface area (Å²) in [6.45, 7) is 0. The summed E-state index contributed by atoms with van der Waals surface area (Å²) in [6.07, 6.45) is 1.72. The van der Waals surface area contributed by atoms with Crippen molar-refractivity contribution >= 4 is 34.1 Å². The molecule has 1 atom stereocenters. The summed E-state index contributed by atoms with van der Waals surface area (Å²) in [5, 5.41) is 8.48. The second-order valence-electron chi connectivity index (χ2n) is 1.61. The molecule has 0 aliphatic heterocycles. The largest absolute Gasteiger partial charge is 0.468 e. The highest BCUT2D eigenvalue weighted by Crippen LogP contribution is 2.11. The molecule has 60 valence electrons. The molecule has 0 rings (SSSR count). The Kier molecular flexibility index (Phi) is 4.83. The summed E-state index contributed by atoms with van der Waals surface area (Å²) < 4.78 is 4.71. The lowest BCUT2D eigenvalue weighted by Crippen LogP contribution is -2.19. The Morgan fingerprint density at radius 2 is 2.36 bits per heavy atom. The Bertz CT molecular complexity index is 193. The van der Waals surface area contributed by atoms with Crippen LogP contribution in [0.1, 0.15) is 0 Å². The molecular weight excluding hydrogens is 182 g/mol. The maximum Gasteiger partial charge on any atom is 0.329 e. The van der Waals surface area contributed by atoms with Crippen LogP contribution in [0, 0.1) is 17.2 Å². The number of nitriles is 1. The first-order valence-corrected chi connectivity index (χ1v) is 4.36. The van der Waals surface area contributed by atoms with Crippen LogP contribution in [-0.2, 0) is 9.53 Å². The van der Waals surface area contributed by atoms with Gasteiger partial charge in [-0.3, -0.25) is 4.79 Å². The second-order valence-corrected chi connectivity index (χ2v) is 3.15. The molecule has 1 unspecified atom stereocenters. The highest BCUT2D eigenvalue weighted by atomic mass is 32.2. The van der Waals surface area contributed by atoms with Gasteiger partial charge in [0.25, 0.3) is 0 Å². The van der Waals surface area contributed by atoms with Gasteiger partial charge >= 0.3 is 5.97 Å². The van der Waals surface area contributed by atoms with Crippen LogP contribution >= 0.6 is 24.0 Å². The predicted molar refractivity (Wildman–Crippen MR) is 47.2 cm³/mol. The second kappa shape index (κ2) is 5.10. The van der Waals surface area contributed by atoms with Gasteiger partial charge in [0.2, 0.25) is 0 Å². The van der Waals surface area contributed by atoms with Gasteiger partial charge in [-0.2, -0.15) is 5.26 Å². The van der Waals surface area contributed by atoms with Crippen molar-refractivity contribution in [1.82, 2.24) is 0 Å². The maximum atomic E-state index is 10.8. The summed E-state index contributed by atoms with van der Waals surface area (Å²) in [5.41, 5.74) is 0. The van der Waals surface area contributed by atoms with Crippen molar-refractivity contribution in [1.29, 1.82) is 5.26 Å². The van der Waals surface area contributed by atoms with E-state index in [-0.39, 0.29) is 0 Å². The zero-order valence-electron chi connectivity index (χ0n) is 6.16. The number of thiocarbonyl (C=S) groups is 1. The third-order valence-electron chi connectivity index (χ3n) is 1.00. The lowest BCUT2D eigenvalue weighted by Gasteiger charge is -2.04. The highest BCUT2D eigenvalue weighted by molar-refractivity contribution is 8.22. The SMILES string of the molecule is COC(=O)C(C#N)C(=S)SC. The number of carbonyl (C=O) groups excluding carboxylic acids is 1. The van der Waals surface area contributed by atoms with Crippen LogP contribution in [0.5, 0.6) is 0 Å². The third-order valence-corrected chi connectivity index (χ3v) is 2.38. The van der Waals surface area contributed by atoms with Crippen LogP contribution in [0.3, 0.4) is 0 Å². The topological polar surface area (TPSA) is 50.1 Å². The number of hydrogen-bond acceptors (Lipinski definition) is 5. The van der Waals surface area contributed by atoms with Crippen LogP contribution in [-0.4, -0.2) is 23.5 Å². The lowest BCUT2D eigenvalue weighted by atomic mass is 10.2. The molecule has 0 fully saturated rings. The van der Waals surface area contributed by atoms with Gasteiger partial charge in [-0.25, -0.2) is 0 Å². The maximum absolute atomic E-state index is 10.8. The number of rotatable bonds is 2. The minimum atomic E-state index is -0.912. The standard InChI is InChI=1S/C6H7NO2S2/c1-9-5(8)4(3-7)6(10)11-2/h4H,1-2H3. The van der Waals surface area contributed by atoms with E-state index < -0.39 is 11.9 Å². The van der Waals surface area contributed by atoms with Crippen LogP contribution in [0.4, 0.5) is 0 Å². The fraction of sp³-hybridized carbons (Fsp3) is 0.500. The van der Waals surface area contributed by atoms with Crippen molar-refractivity contribution in [2.24, 2.45) is 5.92 Å². The fourth-order valence-corrected chi connectivity index (χ4v) is 0.971. The van der Waals surface area contributed by atoms with E-state index in [2.05, 4.69) is 4.74 Å². The fourth-order valence-electron chi connectivity index (χ4n) is 0.437. The van der Waals surface area contributed by atoms with E-state index in [1.165, 1.54) is 18.9 Å². The molecule has 0 spiro atoms. The van der Waals surface area contributed by atoms with Gasteiger partial charge in [0.15, 0.2) is 5.92 Å². The van der Waals surface area contributed by atoms with E-state index in [1.807, 2.05) is 0 Å². The van der Waals surface area contributed by atoms with Crippen molar-refractivity contribution in [2.45, 2.75) is 0 Å². The molecule has 11 heavy (non-hydrogen) atoms. The molecule has 0 N–H and O–H groups in total. The Hall–Kier alpha value is -0.600. The Balaban J connectivity index is 4.31. The van der Waals surface area contributed by atoms with Crippen molar-refractivity contribution < 1.29 is 9.53 Å². The average molecular weight is 189 g/mol. The average Bonchev–Trinajstić information content (AvgIpc) is 2.05. The molecule has 0 bridgehead atoms. The number of esters is 1. The number of thioether (sulfide) groups is 1. The number of methoxy groups -OCH3 is 1. The number of hydrogen-bond donors (Lipinski definition) is 0. The smallest absolute Gasteiger partial charge is 0.329 e. The molecule has 0 saturated heterocycles. The molecule has 5 heteroatoms. The monoisotopic (exact) mass is 189 g/mol. The van der Waals surface area contributed by atoms with Crippen molar-refractivity contribution in [3.8, 4) is 6.07 Å². The Labute approximate surface area is 74.7 Å². The van der Waals surface area contributed by atoms with Crippen molar-refractivity contribution in [2.75, 3.05) is 13.4 Å². The number of carbonyl (C=O) groups is 1. The summed E-state index contributed by atoms with van der Waals surface area (Å²) in [4.78, 5) is 10.8. The molecule has 0 saturated carbocycles. The van der Waals surface area contributed by atoms with Crippen LogP contribution in [0.25, 0.3) is 0 Å². The molecule has 0 radical (unpaired) electrons. The van der Waals surface area contributed by atoms with E-state index >= 15 is 0 Å². The molecular formula is C6H7NO2S2. The van der Waals surface area contributed by atoms with Crippen LogP contribution < -0.4 is 0 Å². The summed E-state index contributed by atoms with van der Waals surface area (Å²) in [5.74, 6) is -1.50.